The summed E-state index contributed by atoms with van der Waals surface area (Å²) in [5, 5.41) is 8.38. The number of esters is 1. The van der Waals surface area contributed by atoms with Gasteiger partial charge in [0.1, 0.15) is 5.75 Å². The maximum Gasteiger partial charge on any atom is 0.335 e. The molecule has 5 nitrogen and oxygen atoms in total. The Labute approximate surface area is 179 Å². The Hall–Kier alpha value is -3.08. The van der Waals surface area contributed by atoms with Gasteiger partial charge in [0.15, 0.2) is 0 Å². The van der Waals surface area contributed by atoms with Gasteiger partial charge < -0.3 is 14.6 Å². The van der Waals surface area contributed by atoms with E-state index < -0.39 is 5.97 Å². The molecule has 1 unspecified atom stereocenters. The third-order valence-corrected chi connectivity index (χ3v) is 4.55. The van der Waals surface area contributed by atoms with E-state index in [-0.39, 0.29) is 5.97 Å². The summed E-state index contributed by atoms with van der Waals surface area (Å²) >= 11 is 0. The first-order valence-corrected chi connectivity index (χ1v) is 10.3. The predicted octanol–water partition coefficient (Wildman–Crippen LogP) is 5.85. The molecule has 30 heavy (non-hydrogen) atoms. The van der Waals surface area contributed by atoms with Gasteiger partial charge in [-0.15, -0.1) is 0 Å². The summed E-state index contributed by atoms with van der Waals surface area (Å²) in [4.78, 5) is 21.9. The molecule has 1 atom stereocenters. The Morgan fingerprint density at radius 2 is 1.70 bits per heavy atom. The lowest BCUT2D eigenvalue weighted by atomic mass is 10.0. The van der Waals surface area contributed by atoms with Gasteiger partial charge in [-0.2, -0.15) is 0 Å². The molecule has 2 aromatic rings. The number of carboxylic acid groups (broad SMARTS) is 1. The van der Waals surface area contributed by atoms with Crippen molar-refractivity contribution in [2.75, 3.05) is 13.7 Å². The summed E-state index contributed by atoms with van der Waals surface area (Å²) in [7, 11) is 1.63. The van der Waals surface area contributed by atoms with E-state index >= 15 is 0 Å². The summed E-state index contributed by atoms with van der Waals surface area (Å²) in [6, 6.07) is 15.8. The van der Waals surface area contributed by atoms with Gasteiger partial charge in [0.25, 0.3) is 0 Å². The van der Waals surface area contributed by atoms with Crippen molar-refractivity contribution in [3.8, 4) is 5.75 Å². The van der Waals surface area contributed by atoms with Crippen molar-refractivity contribution < 1.29 is 24.2 Å². The Balaban J connectivity index is 0.000000414. The van der Waals surface area contributed by atoms with Crippen LogP contribution in [-0.4, -0.2) is 30.8 Å². The number of carbonyl (C=O) groups excluding carboxylic acids is 1. The molecule has 2 aromatic carbocycles. The molecule has 0 aliphatic carbocycles. The minimum Gasteiger partial charge on any atom is -0.497 e. The first-order valence-electron chi connectivity index (χ1n) is 10.3. The van der Waals surface area contributed by atoms with Crippen molar-refractivity contribution in [3.05, 3.63) is 71.8 Å². The first-order chi connectivity index (χ1) is 14.5. The normalized spacial score (nSPS) is 11.3. The Morgan fingerprint density at radius 3 is 2.20 bits per heavy atom. The van der Waals surface area contributed by atoms with Gasteiger partial charge in [-0.05, 0) is 48.2 Å². The Bertz CT molecular complexity index is 766. The highest BCUT2D eigenvalue weighted by atomic mass is 16.5. The van der Waals surface area contributed by atoms with Crippen LogP contribution in [0, 0.1) is 5.92 Å². The van der Waals surface area contributed by atoms with Crippen molar-refractivity contribution in [2.45, 2.75) is 39.5 Å². The summed E-state index contributed by atoms with van der Waals surface area (Å²) in [6.07, 6.45) is 7.79. The van der Waals surface area contributed by atoms with Gasteiger partial charge in [-0.3, -0.25) is 0 Å². The summed E-state index contributed by atoms with van der Waals surface area (Å²) in [5.74, 6) is 0.121. The van der Waals surface area contributed by atoms with Crippen molar-refractivity contribution in [1.82, 2.24) is 0 Å². The van der Waals surface area contributed by atoms with Crippen LogP contribution < -0.4 is 4.74 Å². The van der Waals surface area contributed by atoms with E-state index in [1.165, 1.54) is 18.9 Å². The van der Waals surface area contributed by atoms with E-state index in [9.17, 15) is 9.59 Å². The number of ether oxygens (including phenoxy) is 2. The minimum atomic E-state index is -0.879. The Kier molecular flexibility index (Phi) is 12.4. The van der Waals surface area contributed by atoms with Crippen LogP contribution in [0.1, 0.15) is 55.5 Å². The molecular formula is C25H32O5. The van der Waals surface area contributed by atoms with E-state index in [0.717, 1.165) is 24.2 Å². The molecule has 0 bridgehead atoms. The fourth-order valence-electron chi connectivity index (χ4n) is 2.61. The molecule has 0 aliphatic heterocycles. The van der Waals surface area contributed by atoms with Crippen LogP contribution in [0.5, 0.6) is 5.75 Å². The fourth-order valence-corrected chi connectivity index (χ4v) is 2.61. The van der Waals surface area contributed by atoms with Crippen molar-refractivity contribution in [3.63, 3.8) is 0 Å². The van der Waals surface area contributed by atoms with Gasteiger partial charge in [0.2, 0.25) is 0 Å². The molecule has 0 heterocycles. The monoisotopic (exact) mass is 412 g/mol. The molecule has 0 saturated heterocycles. The van der Waals surface area contributed by atoms with Crippen LogP contribution >= 0.6 is 0 Å². The lowest BCUT2D eigenvalue weighted by Gasteiger charge is -2.13. The van der Waals surface area contributed by atoms with Crippen LogP contribution in [0.4, 0.5) is 0 Å². The summed E-state index contributed by atoms with van der Waals surface area (Å²) in [5.41, 5.74) is 1.28. The van der Waals surface area contributed by atoms with Gasteiger partial charge in [-0.1, -0.05) is 63.4 Å². The minimum absolute atomic E-state index is 0.277. The number of aromatic carboxylic acids is 1. The number of unbranched alkanes of at least 4 members (excludes halogenated alkanes) is 1. The standard InChI is InChI=1S/C18H26O3.C7H6O2/c1-4-6-7-15(5-2)14-21-18(19)13-10-16-8-11-17(20-3)12-9-16;8-7(9)6-4-2-1-3-5-6/h8-13,15H,4-7,14H2,1-3H3;1-5H,(H,8,9). The van der Waals surface area contributed by atoms with Gasteiger partial charge in [0, 0.05) is 6.08 Å². The second kappa shape index (κ2) is 14.9. The van der Waals surface area contributed by atoms with Crippen LogP contribution in [-0.2, 0) is 9.53 Å². The van der Waals surface area contributed by atoms with E-state index in [1.807, 2.05) is 24.3 Å². The zero-order valence-electron chi connectivity index (χ0n) is 18.0. The number of rotatable bonds is 10. The number of hydrogen-bond acceptors (Lipinski definition) is 4. The number of benzene rings is 2. The van der Waals surface area contributed by atoms with Crippen LogP contribution in [0.2, 0.25) is 0 Å². The second-order valence-electron chi connectivity index (χ2n) is 6.82. The highest BCUT2D eigenvalue weighted by molar-refractivity contribution is 5.87. The van der Waals surface area contributed by atoms with Crippen LogP contribution in [0.25, 0.3) is 6.08 Å². The molecule has 0 saturated carbocycles. The zero-order chi connectivity index (χ0) is 22.2. The number of hydrogen-bond donors (Lipinski definition) is 1. The highest BCUT2D eigenvalue weighted by Gasteiger charge is 2.08. The fraction of sp³-hybridized carbons (Fsp3) is 0.360. The molecule has 5 heteroatoms. The SMILES string of the molecule is CCCCC(CC)COC(=O)C=Cc1ccc(OC)cc1.O=C(O)c1ccccc1. The van der Waals surface area contributed by atoms with Crippen LogP contribution in [0.15, 0.2) is 60.7 Å². The van der Waals surface area contributed by atoms with Crippen LogP contribution in [0.3, 0.4) is 0 Å². The van der Waals surface area contributed by atoms with Crippen molar-refractivity contribution >= 4 is 18.0 Å². The van der Waals surface area contributed by atoms with Crippen molar-refractivity contribution in [1.29, 1.82) is 0 Å². The number of methoxy groups -OCH3 is 1. The molecule has 0 amide bonds. The molecule has 162 valence electrons. The van der Waals surface area contributed by atoms with E-state index in [2.05, 4.69) is 13.8 Å². The van der Waals surface area contributed by atoms with Gasteiger partial charge in [-0.25, -0.2) is 9.59 Å². The lowest BCUT2D eigenvalue weighted by Crippen LogP contribution is -2.12. The molecule has 0 aliphatic rings. The smallest absolute Gasteiger partial charge is 0.335 e. The largest absolute Gasteiger partial charge is 0.497 e. The van der Waals surface area contributed by atoms with E-state index in [4.69, 9.17) is 14.6 Å². The third kappa shape index (κ3) is 10.5. The predicted molar refractivity (Wildman–Crippen MR) is 120 cm³/mol. The molecule has 2 rings (SSSR count). The van der Waals surface area contributed by atoms with Gasteiger partial charge in [0.05, 0.1) is 19.3 Å². The molecule has 0 fully saturated rings. The molecule has 0 spiro atoms. The second-order valence-corrected chi connectivity index (χ2v) is 6.82. The molecule has 0 aromatic heterocycles. The Morgan fingerprint density at radius 1 is 1.03 bits per heavy atom. The highest BCUT2D eigenvalue weighted by Crippen LogP contribution is 2.14. The number of carboxylic acids is 1. The third-order valence-electron chi connectivity index (χ3n) is 4.55. The quantitative estimate of drug-likeness (QED) is 0.391. The zero-order valence-corrected chi connectivity index (χ0v) is 18.0. The number of carbonyl (C=O) groups is 2. The molecular weight excluding hydrogens is 380 g/mol. The van der Waals surface area contributed by atoms with E-state index in [0.29, 0.717) is 18.1 Å². The van der Waals surface area contributed by atoms with E-state index in [1.54, 1.807) is 43.5 Å². The average Bonchev–Trinajstić information content (AvgIpc) is 2.79. The average molecular weight is 413 g/mol. The summed E-state index contributed by atoms with van der Waals surface area (Å²) < 4.78 is 10.4. The lowest BCUT2D eigenvalue weighted by molar-refractivity contribution is -0.139. The first kappa shape index (κ1) is 25.0. The maximum absolute atomic E-state index is 11.7. The van der Waals surface area contributed by atoms with Crippen molar-refractivity contribution in [2.24, 2.45) is 5.92 Å². The van der Waals surface area contributed by atoms with Gasteiger partial charge >= 0.3 is 11.9 Å². The summed E-state index contributed by atoms with van der Waals surface area (Å²) in [6.45, 7) is 4.83. The topological polar surface area (TPSA) is 72.8 Å². The molecule has 0 radical (unpaired) electrons. The molecule has 1 N–H and O–H groups in total. The maximum atomic E-state index is 11.7.